The molecule has 0 saturated carbocycles. The Morgan fingerprint density at radius 1 is 1.21 bits per heavy atom. The van der Waals surface area contributed by atoms with Crippen molar-refractivity contribution in [1.82, 2.24) is 4.31 Å². The second-order valence-electron chi connectivity index (χ2n) is 4.23. The molecule has 0 bridgehead atoms. The third-order valence-corrected chi connectivity index (χ3v) is 4.64. The highest BCUT2D eigenvalue weighted by molar-refractivity contribution is 7.89. The van der Waals surface area contributed by atoms with E-state index in [1.807, 2.05) is 30.3 Å². The Balaban J connectivity index is 2.62. The fourth-order valence-corrected chi connectivity index (χ4v) is 3.14. The molecule has 5 nitrogen and oxygen atoms in total. The third-order valence-electron chi connectivity index (χ3n) is 2.81. The van der Waals surface area contributed by atoms with Gasteiger partial charge in [0.2, 0.25) is 10.0 Å². The predicted octanol–water partition coefficient (Wildman–Crippen LogP) is 0.466. The van der Waals surface area contributed by atoms with Gasteiger partial charge in [0.05, 0.1) is 12.4 Å². The lowest BCUT2D eigenvalue weighted by Gasteiger charge is -2.21. The summed E-state index contributed by atoms with van der Waals surface area (Å²) in [6.07, 6.45) is 0.688. The summed E-state index contributed by atoms with van der Waals surface area (Å²) < 4.78 is 30.5. The highest BCUT2D eigenvalue weighted by Gasteiger charge is 2.20. The molecule has 0 aliphatic rings. The van der Waals surface area contributed by atoms with E-state index < -0.39 is 10.0 Å². The Kier molecular flexibility index (Phi) is 7.01. The lowest BCUT2D eigenvalue weighted by Crippen LogP contribution is -2.39. The van der Waals surface area contributed by atoms with Crippen molar-refractivity contribution >= 4 is 10.0 Å². The molecule has 0 radical (unpaired) electrons. The van der Waals surface area contributed by atoms with Crippen molar-refractivity contribution in [3.05, 3.63) is 35.9 Å². The second kappa shape index (κ2) is 8.27. The Morgan fingerprint density at radius 2 is 1.89 bits per heavy atom. The first-order chi connectivity index (χ1) is 9.10. The minimum Gasteiger partial charge on any atom is -0.384 e. The highest BCUT2D eigenvalue weighted by Crippen LogP contribution is 2.06. The summed E-state index contributed by atoms with van der Waals surface area (Å²) >= 11 is 0. The van der Waals surface area contributed by atoms with Crippen LogP contribution < -0.4 is 5.73 Å². The molecule has 0 heterocycles. The number of rotatable bonds is 9. The van der Waals surface area contributed by atoms with E-state index in [0.29, 0.717) is 26.1 Å². The summed E-state index contributed by atoms with van der Waals surface area (Å²) in [6, 6.07) is 9.81. The summed E-state index contributed by atoms with van der Waals surface area (Å²) in [4.78, 5) is 0. The lowest BCUT2D eigenvalue weighted by atomic mass is 10.1. The molecule has 1 aromatic carbocycles. The summed E-state index contributed by atoms with van der Waals surface area (Å²) in [5.74, 6) is -0.00170. The van der Waals surface area contributed by atoms with Gasteiger partial charge in [-0.25, -0.2) is 12.7 Å². The molecule has 0 saturated heterocycles. The van der Waals surface area contributed by atoms with E-state index in [-0.39, 0.29) is 12.4 Å². The highest BCUT2D eigenvalue weighted by atomic mass is 32.2. The van der Waals surface area contributed by atoms with E-state index in [9.17, 15) is 8.42 Å². The molecule has 1 aromatic rings. The van der Waals surface area contributed by atoms with Crippen LogP contribution in [0, 0.1) is 0 Å². The van der Waals surface area contributed by atoms with Crippen LogP contribution >= 0.6 is 0 Å². The summed E-state index contributed by atoms with van der Waals surface area (Å²) in [5.41, 5.74) is 6.60. The standard InChI is InChI=1S/C13H22N2O3S/c1-18-11-12-19(16,17)15(10-8-14)9-7-13-5-3-2-4-6-13/h2-6H,7-12,14H2,1H3. The van der Waals surface area contributed by atoms with Gasteiger partial charge in [-0.05, 0) is 12.0 Å². The summed E-state index contributed by atoms with van der Waals surface area (Å²) in [7, 11) is -1.80. The fraction of sp³-hybridized carbons (Fsp3) is 0.538. The lowest BCUT2D eigenvalue weighted by molar-refractivity contribution is 0.215. The molecule has 0 atom stereocenters. The summed E-state index contributed by atoms with van der Waals surface area (Å²) in [6.45, 7) is 1.32. The van der Waals surface area contributed by atoms with E-state index >= 15 is 0 Å². The van der Waals surface area contributed by atoms with Gasteiger partial charge in [0.15, 0.2) is 0 Å². The molecule has 2 N–H and O–H groups in total. The Morgan fingerprint density at radius 3 is 2.47 bits per heavy atom. The van der Waals surface area contributed by atoms with Crippen LogP contribution in [0.4, 0.5) is 0 Å². The molecule has 108 valence electrons. The van der Waals surface area contributed by atoms with Gasteiger partial charge in [0.25, 0.3) is 0 Å². The molecular weight excluding hydrogens is 264 g/mol. The predicted molar refractivity (Wildman–Crippen MR) is 76.4 cm³/mol. The van der Waals surface area contributed by atoms with E-state index in [0.717, 1.165) is 5.56 Å². The van der Waals surface area contributed by atoms with E-state index in [4.69, 9.17) is 10.5 Å². The van der Waals surface area contributed by atoms with Crippen LogP contribution in [0.25, 0.3) is 0 Å². The van der Waals surface area contributed by atoms with Gasteiger partial charge in [0.1, 0.15) is 0 Å². The Bertz CT molecular complexity index is 448. The number of sulfonamides is 1. The fourth-order valence-electron chi connectivity index (χ4n) is 1.75. The van der Waals surface area contributed by atoms with Gasteiger partial charge in [-0.3, -0.25) is 0 Å². The molecule has 0 spiro atoms. The Labute approximate surface area is 115 Å². The number of methoxy groups -OCH3 is 1. The minimum absolute atomic E-state index is 0.00170. The number of nitrogens with zero attached hydrogens (tertiary/aromatic N) is 1. The topological polar surface area (TPSA) is 72.6 Å². The van der Waals surface area contributed by atoms with Crippen molar-refractivity contribution in [3.63, 3.8) is 0 Å². The molecule has 1 rings (SSSR count). The molecule has 0 unspecified atom stereocenters. The molecule has 0 aliphatic heterocycles. The number of ether oxygens (including phenoxy) is 1. The first-order valence-electron chi connectivity index (χ1n) is 6.31. The molecule has 0 fully saturated rings. The number of nitrogens with two attached hydrogens (primary N) is 1. The first-order valence-corrected chi connectivity index (χ1v) is 7.92. The maximum Gasteiger partial charge on any atom is 0.216 e. The number of benzene rings is 1. The Hall–Kier alpha value is -0.950. The average molecular weight is 286 g/mol. The van der Waals surface area contributed by atoms with E-state index in [2.05, 4.69) is 0 Å². The maximum absolute atomic E-state index is 12.1. The molecule has 0 amide bonds. The van der Waals surface area contributed by atoms with Crippen molar-refractivity contribution in [3.8, 4) is 0 Å². The normalized spacial score (nSPS) is 11.9. The summed E-state index contributed by atoms with van der Waals surface area (Å²) in [5, 5.41) is 0. The quantitative estimate of drug-likeness (QED) is 0.716. The smallest absolute Gasteiger partial charge is 0.216 e. The van der Waals surface area contributed by atoms with Crippen LogP contribution in [0.3, 0.4) is 0 Å². The van der Waals surface area contributed by atoms with Crippen LogP contribution in [0.5, 0.6) is 0 Å². The largest absolute Gasteiger partial charge is 0.384 e. The average Bonchev–Trinajstić information content (AvgIpc) is 2.42. The van der Waals surface area contributed by atoms with Crippen LogP contribution in [0.2, 0.25) is 0 Å². The zero-order chi connectivity index (χ0) is 14.1. The van der Waals surface area contributed by atoms with Crippen LogP contribution in [0.1, 0.15) is 5.56 Å². The SMILES string of the molecule is COCCS(=O)(=O)N(CCN)CCc1ccccc1. The van der Waals surface area contributed by atoms with Crippen molar-refractivity contribution in [2.24, 2.45) is 5.73 Å². The molecular formula is C13H22N2O3S. The van der Waals surface area contributed by atoms with Gasteiger partial charge in [-0.15, -0.1) is 0 Å². The van der Waals surface area contributed by atoms with E-state index in [1.54, 1.807) is 0 Å². The van der Waals surface area contributed by atoms with Gasteiger partial charge >= 0.3 is 0 Å². The first kappa shape index (κ1) is 16.1. The molecule has 0 aliphatic carbocycles. The van der Waals surface area contributed by atoms with Gasteiger partial charge in [-0.2, -0.15) is 0 Å². The third kappa shape index (κ3) is 5.69. The van der Waals surface area contributed by atoms with Crippen LogP contribution in [-0.4, -0.2) is 51.8 Å². The zero-order valence-electron chi connectivity index (χ0n) is 11.3. The van der Waals surface area contributed by atoms with Crippen molar-refractivity contribution < 1.29 is 13.2 Å². The van der Waals surface area contributed by atoms with Crippen LogP contribution in [0.15, 0.2) is 30.3 Å². The second-order valence-corrected chi connectivity index (χ2v) is 6.32. The van der Waals surface area contributed by atoms with Gasteiger partial charge in [0, 0.05) is 26.7 Å². The van der Waals surface area contributed by atoms with Crippen molar-refractivity contribution in [1.29, 1.82) is 0 Å². The number of hydrogen-bond acceptors (Lipinski definition) is 4. The van der Waals surface area contributed by atoms with E-state index in [1.165, 1.54) is 11.4 Å². The molecule has 0 aromatic heterocycles. The van der Waals surface area contributed by atoms with Crippen molar-refractivity contribution in [2.45, 2.75) is 6.42 Å². The minimum atomic E-state index is -3.29. The van der Waals surface area contributed by atoms with Crippen molar-refractivity contribution in [2.75, 3.05) is 39.1 Å². The van der Waals surface area contributed by atoms with Gasteiger partial charge < -0.3 is 10.5 Å². The van der Waals surface area contributed by atoms with Gasteiger partial charge in [-0.1, -0.05) is 30.3 Å². The monoisotopic (exact) mass is 286 g/mol. The number of hydrogen-bond donors (Lipinski definition) is 1. The zero-order valence-corrected chi connectivity index (χ0v) is 12.1. The molecule has 6 heteroatoms. The molecule has 19 heavy (non-hydrogen) atoms. The maximum atomic E-state index is 12.1. The van der Waals surface area contributed by atoms with Crippen LogP contribution in [-0.2, 0) is 21.2 Å².